The number of halogens is 5. The van der Waals surface area contributed by atoms with Crippen molar-refractivity contribution in [3.05, 3.63) is 27.7 Å². The van der Waals surface area contributed by atoms with Crippen molar-refractivity contribution in [2.24, 2.45) is 0 Å². The number of anilines is 1. The maximum absolute atomic E-state index is 11.9. The number of carbonyl (C=O) groups excluding carboxylic acids is 1. The van der Waals surface area contributed by atoms with Crippen LogP contribution in [0.3, 0.4) is 0 Å². The summed E-state index contributed by atoms with van der Waals surface area (Å²) in [4.78, 5) is 10.6. The van der Waals surface area contributed by atoms with Gasteiger partial charge in [0.2, 0.25) is 0 Å². The van der Waals surface area contributed by atoms with Crippen molar-refractivity contribution in [2.45, 2.75) is 6.18 Å². The topological polar surface area (TPSA) is 29.1 Å². The van der Waals surface area contributed by atoms with Crippen LogP contribution in [0.1, 0.15) is 0 Å². The van der Waals surface area contributed by atoms with Gasteiger partial charge in [-0.15, -0.1) is 0 Å². The Hall–Kier alpha value is -0.750. The average Bonchev–Trinajstić information content (AvgIpc) is 2.08. The third kappa shape index (κ3) is 3.39. The number of carbonyl (C=O) groups is 1. The molecular weight excluding hydrogens is 298 g/mol. The summed E-state index contributed by atoms with van der Waals surface area (Å²) in [7, 11) is 0. The van der Waals surface area contributed by atoms with Gasteiger partial charge in [-0.3, -0.25) is 4.79 Å². The summed E-state index contributed by atoms with van der Waals surface area (Å²) in [5, 5.41) is 2.06. The molecule has 7 heteroatoms. The maximum Gasteiger partial charge on any atom is 0.471 e. The van der Waals surface area contributed by atoms with E-state index in [-0.39, 0.29) is 10.2 Å². The largest absolute Gasteiger partial charge is 0.471 e. The molecule has 1 rings (SSSR count). The van der Waals surface area contributed by atoms with E-state index in [0.29, 0.717) is 5.02 Å². The van der Waals surface area contributed by atoms with E-state index >= 15 is 0 Å². The molecule has 15 heavy (non-hydrogen) atoms. The first-order valence-electron chi connectivity index (χ1n) is 3.64. The molecule has 0 aliphatic carbocycles. The van der Waals surface area contributed by atoms with E-state index in [9.17, 15) is 18.0 Å². The Morgan fingerprint density at radius 2 is 2.00 bits per heavy atom. The molecule has 0 aromatic heterocycles. The average molecular weight is 302 g/mol. The van der Waals surface area contributed by atoms with Gasteiger partial charge in [0.05, 0.1) is 5.69 Å². The smallest absolute Gasteiger partial charge is 0.317 e. The minimum absolute atomic E-state index is 0.0155. The van der Waals surface area contributed by atoms with E-state index in [1.165, 1.54) is 18.2 Å². The van der Waals surface area contributed by atoms with Crippen LogP contribution in [0.5, 0.6) is 0 Å². The van der Waals surface area contributed by atoms with Crippen LogP contribution in [0.2, 0.25) is 5.02 Å². The lowest BCUT2D eigenvalue weighted by atomic mass is 10.3. The highest BCUT2D eigenvalue weighted by molar-refractivity contribution is 9.10. The molecule has 0 atom stereocenters. The van der Waals surface area contributed by atoms with Crippen molar-refractivity contribution in [1.82, 2.24) is 0 Å². The zero-order valence-corrected chi connectivity index (χ0v) is 9.37. The molecule has 0 saturated carbocycles. The van der Waals surface area contributed by atoms with E-state index in [4.69, 9.17) is 11.6 Å². The Morgan fingerprint density at radius 1 is 1.40 bits per heavy atom. The molecule has 0 fully saturated rings. The molecule has 1 amide bonds. The second kappa shape index (κ2) is 4.40. The highest BCUT2D eigenvalue weighted by atomic mass is 79.9. The number of benzene rings is 1. The monoisotopic (exact) mass is 301 g/mol. The molecule has 0 aliphatic heterocycles. The summed E-state index contributed by atoms with van der Waals surface area (Å²) < 4.78 is 36.0. The summed E-state index contributed by atoms with van der Waals surface area (Å²) in [5.74, 6) is -2.02. The van der Waals surface area contributed by atoms with Crippen LogP contribution < -0.4 is 5.32 Å². The number of alkyl halides is 3. The fourth-order valence-corrected chi connectivity index (χ4v) is 1.57. The van der Waals surface area contributed by atoms with E-state index in [2.05, 4.69) is 15.9 Å². The van der Waals surface area contributed by atoms with Gasteiger partial charge >= 0.3 is 12.1 Å². The van der Waals surface area contributed by atoms with Crippen molar-refractivity contribution >= 4 is 39.1 Å². The van der Waals surface area contributed by atoms with Crippen LogP contribution in [0.15, 0.2) is 22.7 Å². The predicted octanol–water partition coefficient (Wildman–Crippen LogP) is 3.60. The lowest BCUT2D eigenvalue weighted by molar-refractivity contribution is -0.167. The van der Waals surface area contributed by atoms with Crippen molar-refractivity contribution in [3.63, 3.8) is 0 Å². The number of hydrogen-bond donors (Lipinski definition) is 1. The first-order chi connectivity index (χ1) is 6.80. The van der Waals surface area contributed by atoms with Crippen molar-refractivity contribution in [3.8, 4) is 0 Å². The molecule has 0 unspecified atom stereocenters. The second-order valence-electron chi connectivity index (χ2n) is 2.58. The summed E-state index contributed by atoms with van der Waals surface area (Å²) >= 11 is 8.55. The Balaban J connectivity index is 2.87. The Morgan fingerprint density at radius 3 is 2.47 bits per heavy atom. The Bertz CT molecular complexity index is 394. The van der Waals surface area contributed by atoms with Crippen LogP contribution in [0.25, 0.3) is 0 Å². The van der Waals surface area contributed by atoms with Gasteiger partial charge in [-0.1, -0.05) is 11.6 Å². The molecule has 0 saturated heterocycles. The molecule has 82 valence electrons. The van der Waals surface area contributed by atoms with Gasteiger partial charge in [-0.05, 0) is 34.1 Å². The first kappa shape index (κ1) is 12.3. The number of rotatable bonds is 1. The van der Waals surface area contributed by atoms with E-state index in [1.807, 2.05) is 0 Å². The minimum atomic E-state index is -4.90. The summed E-state index contributed by atoms with van der Waals surface area (Å²) in [5.41, 5.74) is 0.0155. The molecule has 2 nitrogen and oxygen atoms in total. The van der Waals surface area contributed by atoms with Crippen LogP contribution in [-0.2, 0) is 4.79 Å². The van der Waals surface area contributed by atoms with Crippen molar-refractivity contribution in [1.29, 1.82) is 0 Å². The minimum Gasteiger partial charge on any atom is -0.317 e. The van der Waals surface area contributed by atoms with Gasteiger partial charge in [0, 0.05) is 9.50 Å². The van der Waals surface area contributed by atoms with E-state index < -0.39 is 12.1 Å². The first-order valence-corrected chi connectivity index (χ1v) is 4.81. The van der Waals surface area contributed by atoms with Gasteiger partial charge < -0.3 is 5.32 Å². The Kier molecular flexibility index (Phi) is 3.62. The quantitative estimate of drug-likeness (QED) is 0.843. The fraction of sp³-hybridized carbons (Fsp3) is 0.125. The zero-order valence-electron chi connectivity index (χ0n) is 7.03. The molecule has 0 bridgehead atoms. The zero-order chi connectivity index (χ0) is 11.6. The Labute approximate surface area is 96.5 Å². The highest BCUT2D eigenvalue weighted by Crippen LogP contribution is 2.27. The summed E-state index contributed by atoms with van der Waals surface area (Å²) in [6.45, 7) is 0. The van der Waals surface area contributed by atoms with Gasteiger partial charge in [0.25, 0.3) is 0 Å². The molecule has 1 aromatic carbocycles. The van der Waals surface area contributed by atoms with Gasteiger partial charge in [-0.25, -0.2) is 0 Å². The lowest BCUT2D eigenvalue weighted by Gasteiger charge is -2.09. The fourth-order valence-electron chi connectivity index (χ4n) is 0.784. The van der Waals surface area contributed by atoms with E-state index in [0.717, 1.165) is 0 Å². The number of hydrogen-bond acceptors (Lipinski definition) is 1. The van der Waals surface area contributed by atoms with Crippen LogP contribution in [-0.4, -0.2) is 12.1 Å². The van der Waals surface area contributed by atoms with E-state index in [1.54, 1.807) is 5.32 Å². The maximum atomic E-state index is 11.9. The molecule has 1 N–H and O–H groups in total. The summed E-state index contributed by atoms with van der Waals surface area (Å²) in [6, 6.07) is 4.03. The van der Waals surface area contributed by atoms with Crippen molar-refractivity contribution < 1.29 is 18.0 Å². The third-order valence-corrected chi connectivity index (χ3v) is 2.33. The number of amides is 1. The van der Waals surface area contributed by atoms with Crippen LogP contribution in [0, 0.1) is 0 Å². The normalized spacial score (nSPS) is 11.3. The molecule has 0 radical (unpaired) electrons. The predicted molar refractivity (Wildman–Crippen MR) is 53.8 cm³/mol. The standard InChI is InChI=1S/C8H4BrClF3NO/c9-5-3-4(10)1-2-6(5)14-7(15)8(11,12)13/h1-3H,(H,14,15). The number of nitrogens with one attached hydrogen (secondary N) is 1. The molecule has 0 heterocycles. The van der Waals surface area contributed by atoms with Crippen LogP contribution in [0.4, 0.5) is 18.9 Å². The molecule has 0 aliphatic rings. The van der Waals surface area contributed by atoms with Crippen molar-refractivity contribution in [2.75, 3.05) is 5.32 Å². The SMILES string of the molecule is O=C(Nc1ccc(Cl)cc1Br)C(F)(F)F. The molecule has 0 spiro atoms. The second-order valence-corrected chi connectivity index (χ2v) is 3.87. The highest BCUT2D eigenvalue weighted by Gasteiger charge is 2.38. The molecular formula is C8H4BrClF3NO. The van der Waals surface area contributed by atoms with Gasteiger partial charge in [0.1, 0.15) is 0 Å². The van der Waals surface area contributed by atoms with Gasteiger partial charge in [-0.2, -0.15) is 13.2 Å². The lowest BCUT2D eigenvalue weighted by Crippen LogP contribution is -2.30. The van der Waals surface area contributed by atoms with Crippen LogP contribution >= 0.6 is 27.5 Å². The third-order valence-electron chi connectivity index (χ3n) is 1.44. The molecule has 1 aromatic rings. The summed E-state index contributed by atoms with van der Waals surface area (Å²) in [6.07, 6.45) is -4.90. The van der Waals surface area contributed by atoms with Gasteiger partial charge in [0.15, 0.2) is 0 Å².